The van der Waals surface area contributed by atoms with E-state index in [2.05, 4.69) is 13.8 Å². The maximum absolute atomic E-state index is 8.48. The Balaban J connectivity index is 0. The number of nitrogens with zero attached hydrogens (tertiary/aromatic N) is 1. The van der Waals surface area contributed by atoms with E-state index in [0.29, 0.717) is 19.6 Å². The second-order valence-corrected chi connectivity index (χ2v) is 4.33. The summed E-state index contributed by atoms with van der Waals surface area (Å²) in [6.07, 6.45) is 4.91. The predicted molar refractivity (Wildman–Crippen MR) is 78.3 cm³/mol. The van der Waals surface area contributed by atoms with Gasteiger partial charge >= 0.3 is 0 Å². The van der Waals surface area contributed by atoms with Crippen molar-refractivity contribution in [3.8, 4) is 0 Å². The third-order valence-electron chi connectivity index (χ3n) is 2.53. The maximum Gasteiger partial charge on any atom is 0.0558 e. The summed E-state index contributed by atoms with van der Waals surface area (Å²) in [5.41, 5.74) is 0. The highest BCUT2D eigenvalue weighted by Gasteiger charge is 2.00. The molecule has 0 heterocycles. The zero-order chi connectivity index (χ0) is 14.8. The normalized spacial score (nSPS) is 10.4. The molecule has 0 radical (unpaired) electrons. The van der Waals surface area contributed by atoms with Crippen LogP contribution in [0.15, 0.2) is 0 Å². The molecule has 0 saturated carbocycles. The average Bonchev–Trinajstić information content (AvgIpc) is 2.40. The van der Waals surface area contributed by atoms with E-state index in [4.69, 9.17) is 20.1 Å². The van der Waals surface area contributed by atoms with E-state index in [9.17, 15) is 0 Å². The highest BCUT2D eigenvalue weighted by molar-refractivity contribution is 4.54. The SMILES string of the molecule is CCCCOCCCC.OCCN(CCO)CCO. The van der Waals surface area contributed by atoms with Gasteiger partial charge in [0, 0.05) is 32.8 Å². The molecule has 0 fully saturated rings. The van der Waals surface area contributed by atoms with Crippen LogP contribution in [0, 0.1) is 0 Å². The predicted octanol–water partition coefficient (Wildman–Crippen LogP) is 0.869. The third kappa shape index (κ3) is 20.3. The second kappa shape index (κ2) is 20.1. The fourth-order valence-corrected chi connectivity index (χ4v) is 1.35. The third-order valence-corrected chi connectivity index (χ3v) is 2.53. The van der Waals surface area contributed by atoms with Gasteiger partial charge in [-0.3, -0.25) is 4.90 Å². The van der Waals surface area contributed by atoms with Crippen molar-refractivity contribution < 1.29 is 20.1 Å². The summed E-state index contributed by atoms with van der Waals surface area (Å²) >= 11 is 0. The molecule has 0 saturated heterocycles. The summed E-state index contributed by atoms with van der Waals surface area (Å²) in [7, 11) is 0. The zero-order valence-electron chi connectivity index (χ0n) is 12.7. The second-order valence-electron chi connectivity index (χ2n) is 4.33. The van der Waals surface area contributed by atoms with E-state index >= 15 is 0 Å². The van der Waals surface area contributed by atoms with E-state index in [0.717, 1.165) is 13.2 Å². The molecule has 19 heavy (non-hydrogen) atoms. The van der Waals surface area contributed by atoms with Crippen LogP contribution in [0.5, 0.6) is 0 Å². The standard InChI is InChI=1S/C8H18O.C6H15NO3/c1-3-5-7-9-8-6-4-2;8-4-1-7(2-5-9)3-6-10/h3-8H2,1-2H3;8-10H,1-6H2. The van der Waals surface area contributed by atoms with Gasteiger partial charge in [-0.2, -0.15) is 0 Å². The minimum atomic E-state index is 0.0694. The summed E-state index contributed by atoms with van der Waals surface area (Å²) in [6.45, 7) is 8.03. The molecule has 0 aromatic rings. The fourth-order valence-electron chi connectivity index (χ4n) is 1.35. The molecule has 5 nitrogen and oxygen atoms in total. The summed E-state index contributed by atoms with van der Waals surface area (Å²) in [5, 5.41) is 25.5. The van der Waals surface area contributed by atoms with E-state index in [1.165, 1.54) is 25.7 Å². The zero-order valence-corrected chi connectivity index (χ0v) is 12.7. The Kier molecular flexibility index (Phi) is 22.4. The molecule has 3 N–H and O–H groups in total. The Morgan fingerprint density at radius 2 is 1.11 bits per heavy atom. The van der Waals surface area contributed by atoms with Crippen molar-refractivity contribution in [2.75, 3.05) is 52.7 Å². The first-order valence-corrected chi connectivity index (χ1v) is 7.39. The highest BCUT2D eigenvalue weighted by atomic mass is 16.5. The van der Waals surface area contributed by atoms with E-state index < -0.39 is 0 Å². The molecule has 0 aliphatic carbocycles. The van der Waals surface area contributed by atoms with Crippen LogP contribution in [-0.2, 0) is 4.74 Å². The van der Waals surface area contributed by atoms with Crippen LogP contribution in [0.1, 0.15) is 39.5 Å². The van der Waals surface area contributed by atoms with Crippen LogP contribution in [-0.4, -0.2) is 72.9 Å². The van der Waals surface area contributed by atoms with Crippen LogP contribution in [0.4, 0.5) is 0 Å². The van der Waals surface area contributed by atoms with Gasteiger partial charge in [0.15, 0.2) is 0 Å². The number of hydrogen-bond acceptors (Lipinski definition) is 5. The lowest BCUT2D eigenvalue weighted by atomic mass is 10.3. The minimum absolute atomic E-state index is 0.0694. The lowest BCUT2D eigenvalue weighted by Gasteiger charge is -2.17. The van der Waals surface area contributed by atoms with Crippen LogP contribution >= 0.6 is 0 Å². The lowest BCUT2D eigenvalue weighted by molar-refractivity contribution is 0.128. The largest absolute Gasteiger partial charge is 0.395 e. The number of hydrogen-bond donors (Lipinski definition) is 3. The first-order chi connectivity index (χ1) is 9.26. The molecule has 0 aliphatic heterocycles. The Labute approximate surface area is 118 Å². The van der Waals surface area contributed by atoms with Crippen LogP contribution in [0.2, 0.25) is 0 Å². The molecule has 5 heteroatoms. The van der Waals surface area contributed by atoms with Crippen molar-refractivity contribution in [3.63, 3.8) is 0 Å². The van der Waals surface area contributed by atoms with E-state index in [1.807, 2.05) is 0 Å². The van der Waals surface area contributed by atoms with Crippen molar-refractivity contribution in [2.24, 2.45) is 0 Å². The molecule has 118 valence electrons. The molecular formula is C14H33NO4. The molecule has 0 aliphatic rings. The van der Waals surface area contributed by atoms with E-state index in [-0.39, 0.29) is 19.8 Å². The summed E-state index contributed by atoms with van der Waals surface area (Å²) < 4.78 is 5.31. The Hall–Kier alpha value is -0.200. The van der Waals surface area contributed by atoms with Crippen molar-refractivity contribution in [1.82, 2.24) is 4.90 Å². The molecule has 0 unspecified atom stereocenters. The topological polar surface area (TPSA) is 73.2 Å². The molecule has 0 aromatic heterocycles. The van der Waals surface area contributed by atoms with E-state index in [1.54, 1.807) is 4.90 Å². The van der Waals surface area contributed by atoms with Gasteiger partial charge in [0.25, 0.3) is 0 Å². The van der Waals surface area contributed by atoms with Gasteiger partial charge in [0.1, 0.15) is 0 Å². The molecule has 0 spiro atoms. The first kappa shape index (κ1) is 21.1. The quantitative estimate of drug-likeness (QED) is 0.462. The first-order valence-electron chi connectivity index (χ1n) is 7.39. The Morgan fingerprint density at radius 1 is 0.737 bits per heavy atom. The molecule has 0 atom stereocenters. The lowest BCUT2D eigenvalue weighted by Crippen LogP contribution is -2.32. The van der Waals surface area contributed by atoms with Crippen molar-refractivity contribution in [3.05, 3.63) is 0 Å². The summed E-state index contributed by atoms with van der Waals surface area (Å²) in [6, 6.07) is 0. The molecule has 0 bridgehead atoms. The van der Waals surface area contributed by atoms with Gasteiger partial charge in [-0.25, -0.2) is 0 Å². The Morgan fingerprint density at radius 3 is 1.37 bits per heavy atom. The van der Waals surface area contributed by atoms with Crippen LogP contribution in [0.25, 0.3) is 0 Å². The number of aliphatic hydroxyl groups excluding tert-OH is 3. The maximum atomic E-state index is 8.48. The number of aliphatic hydroxyl groups is 3. The van der Waals surface area contributed by atoms with Gasteiger partial charge in [0.05, 0.1) is 19.8 Å². The molecular weight excluding hydrogens is 246 g/mol. The smallest absolute Gasteiger partial charge is 0.0558 e. The van der Waals surface area contributed by atoms with Gasteiger partial charge in [0.2, 0.25) is 0 Å². The van der Waals surface area contributed by atoms with Crippen molar-refractivity contribution in [2.45, 2.75) is 39.5 Å². The fraction of sp³-hybridized carbons (Fsp3) is 1.00. The van der Waals surface area contributed by atoms with Gasteiger partial charge in [-0.15, -0.1) is 0 Å². The average molecular weight is 279 g/mol. The van der Waals surface area contributed by atoms with Crippen LogP contribution < -0.4 is 0 Å². The monoisotopic (exact) mass is 279 g/mol. The van der Waals surface area contributed by atoms with Crippen molar-refractivity contribution >= 4 is 0 Å². The van der Waals surface area contributed by atoms with Gasteiger partial charge in [-0.1, -0.05) is 26.7 Å². The summed E-state index contributed by atoms with van der Waals surface area (Å²) in [5.74, 6) is 0. The molecule has 0 amide bonds. The molecule has 0 rings (SSSR count). The Bertz CT molecular complexity index is 127. The molecule has 0 aromatic carbocycles. The highest BCUT2D eigenvalue weighted by Crippen LogP contribution is 1.91. The van der Waals surface area contributed by atoms with Gasteiger partial charge in [-0.05, 0) is 12.8 Å². The number of ether oxygens (including phenoxy) is 1. The number of unbranched alkanes of at least 4 members (excludes halogenated alkanes) is 2. The minimum Gasteiger partial charge on any atom is -0.395 e. The number of rotatable bonds is 12. The summed E-state index contributed by atoms with van der Waals surface area (Å²) in [4.78, 5) is 1.79. The van der Waals surface area contributed by atoms with Crippen molar-refractivity contribution in [1.29, 1.82) is 0 Å². The van der Waals surface area contributed by atoms with Crippen LogP contribution in [0.3, 0.4) is 0 Å². The van der Waals surface area contributed by atoms with Gasteiger partial charge < -0.3 is 20.1 Å².